The van der Waals surface area contributed by atoms with Gasteiger partial charge in [-0.05, 0) is 49.7 Å². The van der Waals surface area contributed by atoms with Gasteiger partial charge < -0.3 is 26.5 Å². The summed E-state index contributed by atoms with van der Waals surface area (Å²) in [6.07, 6.45) is 5.81. The highest BCUT2D eigenvalue weighted by Crippen LogP contribution is 2.55. The molecule has 4 rings (SSSR count). The molecule has 8 nitrogen and oxygen atoms in total. The van der Waals surface area contributed by atoms with E-state index >= 15 is 0 Å². The van der Waals surface area contributed by atoms with Crippen LogP contribution in [0.3, 0.4) is 0 Å². The first kappa shape index (κ1) is 20.2. The number of amidine groups is 1. The summed E-state index contributed by atoms with van der Waals surface area (Å²) in [5.41, 5.74) is 12.7. The van der Waals surface area contributed by atoms with E-state index in [-0.39, 0.29) is 23.4 Å². The average molecular weight is 409 g/mol. The van der Waals surface area contributed by atoms with Crippen LogP contribution < -0.4 is 16.8 Å². The van der Waals surface area contributed by atoms with Crippen LogP contribution in [0.5, 0.6) is 0 Å². The summed E-state index contributed by atoms with van der Waals surface area (Å²) in [5, 5.41) is 21.3. The molecule has 0 radical (unpaired) electrons. The number of nitrogens with zero attached hydrogens (tertiary/aromatic N) is 2. The van der Waals surface area contributed by atoms with Gasteiger partial charge in [-0.3, -0.25) is 10.2 Å². The van der Waals surface area contributed by atoms with E-state index in [4.69, 9.17) is 16.9 Å². The second kappa shape index (κ2) is 7.60. The standard InChI is InChI=1S/C22H28N6O2/c1-28-12-26-19(20(28)21(29)27-16-5-3-2-4-6-16)13-7-14-10-22(30,11-15(14)8-13)17(23)9-18(24)25/h2-6,9,12-15,30H,7-8,10-11,23H2,1H3,(H3,24,25)(H,27,29)/b17-9-. The van der Waals surface area contributed by atoms with Crippen LogP contribution in [0.4, 0.5) is 5.69 Å². The maximum atomic E-state index is 12.9. The van der Waals surface area contributed by atoms with Crippen LogP contribution in [0, 0.1) is 17.2 Å². The van der Waals surface area contributed by atoms with E-state index in [0.717, 1.165) is 24.2 Å². The van der Waals surface area contributed by atoms with Gasteiger partial charge in [0, 0.05) is 30.4 Å². The largest absolute Gasteiger partial charge is 0.400 e. The maximum Gasteiger partial charge on any atom is 0.274 e. The summed E-state index contributed by atoms with van der Waals surface area (Å²) >= 11 is 0. The van der Waals surface area contributed by atoms with Crippen LogP contribution in [0.25, 0.3) is 0 Å². The first-order chi connectivity index (χ1) is 14.3. The van der Waals surface area contributed by atoms with Crippen molar-refractivity contribution < 1.29 is 9.90 Å². The van der Waals surface area contributed by atoms with Crippen molar-refractivity contribution in [3.8, 4) is 0 Å². The van der Waals surface area contributed by atoms with Gasteiger partial charge >= 0.3 is 0 Å². The van der Waals surface area contributed by atoms with Crippen molar-refractivity contribution in [2.24, 2.45) is 30.4 Å². The molecule has 0 spiro atoms. The molecule has 2 fully saturated rings. The summed E-state index contributed by atoms with van der Waals surface area (Å²) in [4.78, 5) is 17.5. The summed E-state index contributed by atoms with van der Waals surface area (Å²) in [7, 11) is 1.83. The van der Waals surface area contributed by atoms with Gasteiger partial charge in [-0.15, -0.1) is 0 Å². The number of rotatable bonds is 5. The molecule has 2 aromatic rings. The monoisotopic (exact) mass is 408 g/mol. The van der Waals surface area contributed by atoms with Crippen molar-refractivity contribution in [1.82, 2.24) is 9.55 Å². The van der Waals surface area contributed by atoms with Crippen LogP contribution in [-0.2, 0) is 7.05 Å². The minimum absolute atomic E-state index is 0.154. The number of anilines is 1. The van der Waals surface area contributed by atoms with Gasteiger partial charge in [0.05, 0.1) is 12.0 Å². The SMILES string of the molecule is Cn1cnc(C2CC3CC(O)(/C(N)=C/C(=N)N)CC3C2)c1C(=O)Nc1ccccc1. The fourth-order valence-electron chi connectivity index (χ4n) is 5.16. The Hall–Kier alpha value is -3.13. The predicted molar refractivity (Wildman–Crippen MR) is 115 cm³/mol. The summed E-state index contributed by atoms with van der Waals surface area (Å²) < 4.78 is 1.77. The van der Waals surface area contributed by atoms with E-state index in [9.17, 15) is 9.90 Å². The number of hydrogen-bond donors (Lipinski definition) is 5. The molecule has 0 saturated heterocycles. The lowest BCUT2D eigenvalue weighted by molar-refractivity contribution is 0.0743. The number of aromatic nitrogens is 2. The van der Waals surface area contributed by atoms with E-state index in [1.807, 2.05) is 37.4 Å². The smallest absolute Gasteiger partial charge is 0.274 e. The normalized spacial score (nSPS) is 28.3. The molecular weight excluding hydrogens is 380 g/mol. The van der Waals surface area contributed by atoms with Crippen LogP contribution in [0.15, 0.2) is 48.4 Å². The highest BCUT2D eigenvalue weighted by molar-refractivity contribution is 6.04. The maximum absolute atomic E-state index is 12.9. The van der Waals surface area contributed by atoms with Crippen LogP contribution in [-0.4, -0.2) is 32.0 Å². The quantitative estimate of drug-likeness (QED) is 0.380. The minimum Gasteiger partial charge on any atom is -0.400 e. The number of aryl methyl sites for hydroxylation is 1. The van der Waals surface area contributed by atoms with Crippen LogP contribution in [0.1, 0.15) is 47.8 Å². The lowest BCUT2D eigenvalue weighted by Gasteiger charge is -2.25. The van der Waals surface area contributed by atoms with E-state index in [1.54, 1.807) is 10.9 Å². The summed E-state index contributed by atoms with van der Waals surface area (Å²) in [6, 6.07) is 9.38. The van der Waals surface area contributed by atoms with E-state index in [0.29, 0.717) is 30.4 Å². The number of para-hydroxylation sites is 1. The van der Waals surface area contributed by atoms with E-state index < -0.39 is 5.60 Å². The lowest BCUT2D eigenvalue weighted by Crippen LogP contribution is -2.34. The third kappa shape index (κ3) is 3.70. The fourth-order valence-corrected chi connectivity index (χ4v) is 5.16. The molecule has 8 heteroatoms. The molecular formula is C22H28N6O2. The molecule has 2 aliphatic carbocycles. The minimum atomic E-state index is -1.11. The first-order valence-electron chi connectivity index (χ1n) is 10.2. The van der Waals surface area contributed by atoms with E-state index in [2.05, 4.69) is 10.3 Å². The number of aliphatic hydroxyl groups is 1. The van der Waals surface area contributed by atoms with Crippen molar-refractivity contribution in [3.05, 3.63) is 59.8 Å². The van der Waals surface area contributed by atoms with E-state index in [1.165, 1.54) is 6.08 Å². The van der Waals surface area contributed by atoms with Crippen LogP contribution >= 0.6 is 0 Å². The molecule has 1 aromatic heterocycles. The Kier molecular flexibility index (Phi) is 5.11. The van der Waals surface area contributed by atoms with Gasteiger partial charge in [0.15, 0.2) is 0 Å². The molecule has 2 atom stereocenters. The highest BCUT2D eigenvalue weighted by Gasteiger charge is 2.51. The molecule has 2 saturated carbocycles. The van der Waals surface area contributed by atoms with Gasteiger partial charge in [-0.2, -0.15) is 0 Å². The number of carbonyl (C=O) groups excluding carboxylic acids is 1. The number of carbonyl (C=O) groups is 1. The predicted octanol–water partition coefficient (Wildman–Crippen LogP) is 2.09. The molecule has 0 aliphatic heterocycles. The highest BCUT2D eigenvalue weighted by atomic mass is 16.3. The summed E-state index contributed by atoms with van der Waals surface area (Å²) in [6.45, 7) is 0. The number of nitrogens with one attached hydrogen (secondary N) is 2. The van der Waals surface area contributed by atoms with Crippen LogP contribution in [0.2, 0.25) is 0 Å². The summed E-state index contributed by atoms with van der Waals surface area (Å²) in [5.74, 6) is 0.439. The molecule has 0 bridgehead atoms. The second-order valence-corrected chi connectivity index (χ2v) is 8.59. The Morgan fingerprint density at radius 3 is 2.50 bits per heavy atom. The van der Waals surface area contributed by atoms with Gasteiger partial charge in [-0.25, -0.2) is 4.98 Å². The number of nitrogens with two attached hydrogens (primary N) is 2. The number of imidazole rings is 1. The zero-order chi connectivity index (χ0) is 21.5. The molecule has 158 valence electrons. The zero-order valence-electron chi connectivity index (χ0n) is 17.0. The van der Waals surface area contributed by atoms with Gasteiger partial charge in [-0.1, -0.05) is 18.2 Å². The van der Waals surface area contributed by atoms with Crippen molar-refractivity contribution in [2.45, 2.75) is 37.2 Å². The number of amides is 1. The Balaban J connectivity index is 1.49. The Labute approximate surface area is 175 Å². The topological polar surface area (TPSA) is 143 Å². The Bertz CT molecular complexity index is 982. The van der Waals surface area contributed by atoms with Gasteiger partial charge in [0.2, 0.25) is 0 Å². The Morgan fingerprint density at radius 2 is 1.90 bits per heavy atom. The lowest BCUT2D eigenvalue weighted by atomic mass is 9.90. The molecule has 2 aliphatic rings. The van der Waals surface area contributed by atoms with Crippen molar-refractivity contribution in [3.63, 3.8) is 0 Å². The number of fused-ring (bicyclic) bond motifs is 1. The van der Waals surface area contributed by atoms with Crippen molar-refractivity contribution in [1.29, 1.82) is 5.41 Å². The molecule has 1 aromatic carbocycles. The van der Waals surface area contributed by atoms with Gasteiger partial charge in [0.1, 0.15) is 17.1 Å². The second-order valence-electron chi connectivity index (χ2n) is 8.59. The van der Waals surface area contributed by atoms with Crippen molar-refractivity contribution in [2.75, 3.05) is 5.32 Å². The molecule has 7 N–H and O–H groups in total. The molecule has 30 heavy (non-hydrogen) atoms. The molecule has 1 amide bonds. The number of benzene rings is 1. The molecule has 2 unspecified atom stereocenters. The van der Waals surface area contributed by atoms with Crippen molar-refractivity contribution >= 4 is 17.4 Å². The Morgan fingerprint density at radius 1 is 1.27 bits per heavy atom. The third-order valence-electron chi connectivity index (χ3n) is 6.49. The zero-order valence-corrected chi connectivity index (χ0v) is 17.0. The fraction of sp³-hybridized carbons (Fsp3) is 0.409. The average Bonchev–Trinajstić information content (AvgIpc) is 3.33. The number of hydrogen-bond acceptors (Lipinski definition) is 5. The molecule has 1 heterocycles. The van der Waals surface area contributed by atoms with Gasteiger partial charge in [0.25, 0.3) is 5.91 Å². The third-order valence-corrected chi connectivity index (χ3v) is 6.49. The first-order valence-corrected chi connectivity index (χ1v) is 10.2.